The van der Waals surface area contributed by atoms with Crippen molar-refractivity contribution in [1.29, 1.82) is 0 Å². The van der Waals surface area contributed by atoms with E-state index in [1.54, 1.807) is 0 Å². The maximum atomic E-state index is 3.68. The van der Waals surface area contributed by atoms with Crippen LogP contribution in [0.5, 0.6) is 0 Å². The van der Waals surface area contributed by atoms with Gasteiger partial charge in [0.25, 0.3) is 0 Å². The van der Waals surface area contributed by atoms with Gasteiger partial charge < -0.3 is 5.32 Å². The lowest BCUT2D eigenvalue weighted by atomic mass is 9.89. The summed E-state index contributed by atoms with van der Waals surface area (Å²) in [5.74, 6) is 0.992. The van der Waals surface area contributed by atoms with Crippen LogP contribution in [0.15, 0.2) is 0 Å². The van der Waals surface area contributed by atoms with Crippen LogP contribution in [0.3, 0.4) is 0 Å². The maximum absolute atomic E-state index is 3.68. The SMILES string of the molecule is CCCCCCCCCCCCNCC1CCCCC1. The molecule has 120 valence electrons. The Labute approximate surface area is 128 Å². The Balaban J connectivity index is 1.70. The lowest BCUT2D eigenvalue weighted by molar-refractivity contribution is 0.341. The van der Waals surface area contributed by atoms with E-state index >= 15 is 0 Å². The van der Waals surface area contributed by atoms with Gasteiger partial charge >= 0.3 is 0 Å². The molecule has 0 saturated heterocycles. The van der Waals surface area contributed by atoms with Gasteiger partial charge in [0.15, 0.2) is 0 Å². The minimum Gasteiger partial charge on any atom is -0.316 e. The molecular weight excluding hydrogens is 242 g/mol. The molecule has 0 amide bonds. The Morgan fingerprint density at radius 1 is 0.700 bits per heavy atom. The fourth-order valence-corrected chi connectivity index (χ4v) is 3.43. The highest BCUT2D eigenvalue weighted by molar-refractivity contribution is 4.67. The fourth-order valence-electron chi connectivity index (χ4n) is 3.43. The third-order valence-corrected chi connectivity index (χ3v) is 4.86. The van der Waals surface area contributed by atoms with Crippen LogP contribution in [0.25, 0.3) is 0 Å². The molecule has 1 heteroatoms. The van der Waals surface area contributed by atoms with Gasteiger partial charge in [0.05, 0.1) is 0 Å². The fraction of sp³-hybridized carbons (Fsp3) is 1.00. The standard InChI is InChI=1S/C19H39N/c1-2-3-4-5-6-7-8-9-10-14-17-20-18-19-15-12-11-13-16-19/h19-20H,2-18H2,1H3. The summed E-state index contributed by atoms with van der Waals surface area (Å²) in [4.78, 5) is 0. The lowest BCUT2D eigenvalue weighted by Crippen LogP contribution is -2.25. The molecule has 0 heterocycles. The monoisotopic (exact) mass is 281 g/mol. The van der Waals surface area contributed by atoms with E-state index in [1.807, 2.05) is 0 Å². The van der Waals surface area contributed by atoms with Gasteiger partial charge in [-0.15, -0.1) is 0 Å². The summed E-state index contributed by atoms with van der Waals surface area (Å²) in [5.41, 5.74) is 0. The Morgan fingerprint density at radius 2 is 1.25 bits per heavy atom. The molecule has 1 nitrogen and oxygen atoms in total. The molecule has 1 aliphatic carbocycles. The van der Waals surface area contributed by atoms with Crippen LogP contribution in [-0.2, 0) is 0 Å². The molecular formula is C19H39N. The van der Waals surface area contributed by atoms with E-state index in [2.05, 4.69) is 12.2 Å². The summed E-state index contributed by atoms with van der Waals surface area (Å²) < 4.78 is 0. The zero-order chi connectivity index (χ0) is 14.3. The van der Waals surface area contributed by atoms with Crippen molar-refractivity contribution in [2.24, 2.45) is 5.92 Å². The van der Waals surface area contributed by atoms with Crippen molar-refractivity contribution in [1.82, 2.24) is 5.32 Å². The Morgan fingerprint density at radius 3 is 1.85 bits per heavy atom. The van der Waals surface area contributed by atoms with Crippen LogP contribution in [0.2, 0.25) is 0 Å². The summed E-state index contributed by atoms with van der Waals surface area (Å²) in [6.07, 6.45) is 21.8. The van der Waals surface area contributed by atoms with E-state index in [0.717, 1.165) is 5.92 Å². The largest absolute Gasteiger partial charge is 0.316 e. The smallest absolute Gasteiger partial charge is 0.00205 e. The van der Waals surface area contributed by atoms with Crippen LogP contribution >= 0.6 is 0 Å². The zero-order valence-corrected chi connectivity index (χ0v) is 14.1. The predicted octanol–water partition coefficient (Wildman–Crippen LogP) is 6.08. The second kappa shape index (κ2) is 13.9. The van der Waals surface area contributed by atoms with E-state index in [0.29, 0.717) is 0 Å². The average molecular weight is 282 g/mol. The molecule has 0 unspecified atom stereocenters. The van der Waals surface area contributed by atoms with E-state index in [9.17, 15) is 0 Å². The second-order valence-corrected chi connectivity index (χ2v) is 6.89. The molecule has 1 N–H and O–H groups in total. The van der Waals surface area contributed by atoms with Crippen molar-refractivity contribution < 1.29 is 0 Å². The van der Waals surface area contributed by atoms with Crippen LogP contribution in [0.1, 0.15) is 103 Å². The molecule has 0 atom stereocenters. The minimum atomic E-state index is 0.992. The Kier molecular flexibility index (Phi) is 12.5. The Hall–Kier alpha value is -0.0400. The first kappa shape index (κ1) is 18.0. The van der Waals surface area contributed by atoms with Gasteiger partial charge in [-0.3, -0.25) is 0 Å². The van der Waals surface area contributed by atoms with Crippen LogP contribution in [0, 0.1) is 5.92 Å². The van der Waals surface area contributed by atoms with E-state index in [-0.39, 0.29) is 0 Å². The number of hydrogen-bond donors (Lipinski definition) is 1. The molecule has 1 fully saturated rings. The van der Waals surface area contributed by atoms with Crippen molar-refractivity contribution in [3.05, 3.63) is 0 Å². The molecule has 0 aromatic carbocycles. The van der Waals surface area contributed by atoms with Gasteiger partial charge in [0, 0.05) is 0 Å². The lowest BCUT2D eigenvalue weighted by Gasteiger charge is -2.21. The molecule has 0 spiro atoms. The molecule has 0 aliphatic heterocycles. The number of unbranched alkanes of at least 4 members (excludes halogenated alkanes) is 9. The van der Waals surface area contributed by atoms with Crippen molar-refractivity contribution in [3.8, 4) is 0 Å². The number of nitrogens with one attached hydrogen (secondary N) is 1. The zero-order valence-electron chi connectivity index (χ0n) is 14.1. The van der Waals surface area contributed by atoms with Gasteiger partial charge in [-0.05, 0) is 38.3 Å². The second-order valence-electron chi connectivity index (χ2n) is 6.89. The van der Waals surface area contributed by atoms with Gasteiger partial charge in [-0.2, -0.15) is 0 Å². The molecule has 0 radical (unpaired) electrons. The first-order valence-electron chi connectivity index (χ1n) is 9.64. The molecule has 1 aliphatic rings. The summed E-state index contributed by atoms with van der Waals surface area (Å²) in [7, 11) is 0. The van der Waals surface area contributed by atoms with Gasteiger partial charge in [-0.25, -0.2) is 0 Å². The highest BCUT2D eigenvalue weighted by Crippen LogP contribution is 2.22. The van der Waals surface area contributed by atoms with Crippen LogP contribution in [0.4, 0.5) is 0 Å². The number of hydrogen-bond acceptors (Lipinski definition) is 1. The first-order chi connectivity index (χ1) is 9.93. The quantitative estimate of drug-likeness (QED) is 0.404. The molecule has 0 aromatic rings. The average Bonchev–Trinajstić information content (AvgIpc) is 2.49. The molecule has 1 rings (SSSR count). The van der Waals surface area contributed by atoms with Gasteiger partial charge in [-0.1, -0.05) is 84.0 Å². The highest BCUT2D eigenvalue weighted by Gasteiger charge is 2.11. The summed E-state index contributed by atoms with van der Waals surface area (Å²) in [5, 5.41) is 3.68. The van der Waals surface area contributed by atoms with E-state index < -0.39 is 0 Å². The summed E-state index contributed by atoms with van der Waals surface area (Å²) in [6, 6.07) is 0. The van der Waals surface area contributed by atoms with Gasteiger partial charge in [0.2, 0.25) is 0 Å². The van der Waals surface area contributed by atoms with Crippen molar-refractivity contribution in [2.75, 3.05) is 13.1 Å². The van der Waals surface area contributed by atoms with Crippen LogP contribution < -0.4 is 5.32 Å². The predicted molar refractivity (Wildman–Crippen MR) is 91.3 cm³/mol. The first-order valence-corrected chi connectivity index (χ1v) is 9.64. The van der Waals surface area contributed by atoms with Crippen molar-refractivity contribution >= 4 is 0 Å². The van der Waals surface area contributed by atoms with Crippen molar-refractivity contribution in [2.45, 2.75) is 103 Å². The molecule has 20 heavy (non-hydrogen) atoms. The number of rotatable bonds is 13. The molecule has 1 saturated carbocycles. The molecule has 0 aromatic heterocycles. The molecule has 0 bridgehead atoms. The van der Waals surface area contributed by atoms with E-state index in [1.165, 1.54) is 109 Å². The Bertz CT molecular complexity index is 184. The third kappa shape index (κ3) is 10.7. The maximum Gasteiger partial charge on any atom is -0.00205 e. The van der Waals surface area contributed by atoms with Crippen molar-refractivity contribution in [3.63, 3.8) is 0 Å². The minimum absolute atomic E-state index is 0.992. The topological polar surface area (TPSA) is 12.0 Å². The summed E-state index contributed by atoms with van der Waals surface area (Å²) in [6.45, 7) is 4.84. The van der Waals surface area contributed by atoms with E-state index in [4.69, 9.17) is 0 Å². The van der Waals surface area contributed by atoms with Gasteiger partial charge in [0.1, 0.15) is 0 Å². The third-order valence-electron chi connectivity index (χ3n) is 4.86. The summed E-state index contributed by atoms with van der Waals surface area (Å²) >= 11 is 0. The highest BCUT2D eigenvalue weighted by atomic mass is 14.9. The normalized spacial score (nSPS) is 16.6. The van der Waals surface area contributed by atoms with Crippen LogP contribution in [-0.4, -0.2) is 13.1 Å².